The molecule has 1 aromatic rings. The zero-order valence-corrected chi connectivity index (χ0v) is 15.0. The molecule has 0 spiro atoms. The fraction of sp³-hybridized carbons (Fsp3) is 0.684. The minimum Gasteiger partial charge on any atom is -0.432 e. The molecule has 0 amide bonds. The van der Waals surface area contributed by atoms with Gasteiger partial charge in [-0.2, -0.15) is 22.0 Å². The quantitative estimate of drug-likeness (QED) is 0.541. The Kier molecular flexibility index (Phi) is 6.88. The molecule has 1 saturated carbocycles. The maximum atomic E-state index is 14.4. The van der Waals surface area contributed by atoms with Crippen LogP contribution in [0.4, 0.5) is 22.0 Å². The number of methoxy groups -OCH3 is 1. The molecule has 1 atom stereocenters. The topological polar surface area (TPSA) is 18.5 Å². The molecule has 0 saturated heterocycles. The van der Waals surface area contributed by atoms with Gasteiger partial charge in [-0.25, -0.2) is 0 Å². The van der Waals surface area contributed by atoms with Crippen molar-refractivity contribution < 1.29 is 31.4 Å². The van der Waals surface area contributed by atoms with Crippen LogP contribution in [0.25, 0.3) is 0 Å². The Balaban J connectivity index is 1.95. The van der Waals surface area contributed by atoms with Crippen LogP contribution in [-0.2, 0) is 11.2 Å². The van der Waals surface area contributed by atoms with Crippen LogP contribution in [0.2, 0.25) is 0 Å². The molecule has 2 nitrogen and oxygen atoms in total. The van der Waals surface area contributed by atoms with Gasteiger partial charge in [-0.15, -0.1) is 0 Å². The highest BCUT2D eigenvalue weighted by Crippen LogP contribution is 2.40. The molecule has 1 aliphatic rings. The van der Waals surface area contributed by atoms with Gasteiger partial charge in [0.15, 0.2) is 6.10 Å². The van der Waals surface area contributed by atoms with Gasteiger partial charge in [0.25, 0.3) is 0 Å². The van der Waals surface area contributed by atoms with Gasteiger partial charge in [0, 0.05) is 13.5 Å². The fourth-order valence-electron chi connectivity index (χ4n) is 3.39. The van der Waals surface area contributed by atoms with Crippen molar-refractivity contribution in [3.05, 3.63) is 29.8 Å². The van der Waals surface area contributed by atoms with Gasteiger partial charge in [-0.3, -0.25) is 0 Å². The van der Waals surface area contributed by atoms with Gasteiger partial charge < -0.3 is 9.47 Å². The van der Waals surface area contributed by atoms with Crippen LogP contribution < -0.4 is 4.74 Å². The molecule has 1 fully saturated rings. The Morgan fingerprint density at radius 2 is 1.58 bits per heavy atom. The highest BCUT2D eigenvalue weighted by atomic mass is 19.4. The first-order valence-electron chi connectivity index (χ1n) is 8.91. The van der Waals surface area contributed by atoms with Crippen LogP contribution in [0.5, 0.6) is 5.75 Å². The summed E-state index contributed by atoms with van der Waals surface area (Å²) < 4.78 is 76.2. The van der Waals surface area contributed by atoms with Gasteiger partial charge in [0.2, 0.25) is 0 Å². The average molecular weight is 380 g/mol. The Hall–Kier alpha value is -1.37. The van der Waals surface area contributed by atoms with Crippen molar-refractivity contribution in [2.24, 2.45) is 11.8 Å². The molecule has 26 heavy (non-hydrogen) atoms. The molecule has 0 aliphatic heterocycles. The van der Waals surface area contributed by atoms with Crippen LogP contribution >= 0.6 is 0 Å². The first kappa shape index (κ1) is 20.9. The molecule has 1 unspecified atom stereocenters. The monoisotopic (exact) mass is 380 g/mol. The van der Waals surface area contributed by atoms with E-state index in [0.717, 1.165) is 26.4 Å². The number of alkyl halides is 5. The second kappa shape index (κ2) is 8.55. The zero-order valence-electron chi connectivity index (χ0n) is 15.0. The number of benzene rings is 1. The van der Waals surface area contributed by atoms with E-state index in [1.807, 2.05) is 0 Å². The summed E-state index contributed by atoms with van der Waals surface area (Å²) in [6.45, 7) is 2.06. The predicted octanol–water partition coefficient (Wildman–Crippen LogP) is 5.99. The summed E-state index contributed by atoms with van der Waals surface area (Å²) in [7, 11) is 0.990. The second-order valence-corrected chi connectivity index (χ2v) is 6.90. The molecule has 1 aliphatic carbocycles. The van der Waals surface area contributed by atoms with Gasteiger partial charge >= 0.3 is 12.3 Å². The van der Waals surface area contributed by atoms with Crippen molar-refractivity contribution in [1.29, 1.82) is 0 Å². The lowest BCUT2D eigenvalue weighted by molar-refractivity contribution is -0.223. The van der Waals surface area contributed by atoms with Gasteiger partial charge in [0.05, 0.1) is 5.92 Å². The molecule has 0 N–H and O–H groups in total. The van der Waals surface area contributed by atoms with E-state index < -0.39 is 24.3 Å². The molecule has 0 heterocycles. The Morgan fingerprint density at radius 3 is 2.04 bits per heavy atom. The highest BCUT2D eigenvalue weighted by molar-refractivity contribution is 5.28. The number of hydrogen-bond acceptors (Lipinski definition) is 2. The largest absolute Gasteiger partial charge is 0.432 e. The summed E-state index contributed by atoms with van der Waals surface area (Å²) >= 11 is 0. The summed E-state index contributed by atoms with van der Waals surface area (Å²) in [6, 6.07) is 5.28. The Labute approximate surface area is 150 Å². The Morgan fingerprint density at radius 1 is 1.00 bits per heavy atom. The number of hydrogen-bond donors (Lipinski definition) is 0. The summed E-state index contributed by atoms with van der Waals surface area (Å²) in [4.78, 5) is 0. The maximum absolute atomic E-state index is 14.4. The SMILES string of the molecule is CCC1CCC(C(F)(F)Oc2ccc(CC(OC)C(F)(F)F)cc2)CC1. The first-order chi connectivity index (χ1) is 12.2. The lowest BCUT2D eigenvalue weighted by atomic mass is 9.80. The maximum Gasteiger partial charge on any atom is 0.414 e. The molecule has 1 aromatic carbocycles. The van der Waals surface area contributed by atoms with Crippen LogP contribution in [0.3, 0.4) is 0 Å². The van der Waals surface area contributed by atoms with E-state index in [0.29, 0.717) is 24.3 Å². The zero-order chi connectivity index (χ0) is 19.4. The standard InChI is InChI=1S/C19H25F5O2/c1-3-13-4-8-15(9-5-13)19(23,24)26-16-10-6-14(7-11-16)12-17(25-2)18(20,21)22/h6-7,10-11,13,15,17H,3-5,8-9,12H2,1-2H3. The normalized spacial score (nSPS) is 22.9. The highest BCUT2D eigenvalue weighted by Gasteiger charge is 2.44. The second-order valence-electron chi connectivity index (χ2n) is 6.90. The molecular formula is C19H25F5O2. The lowest BCUT2D eigenvalue weighted by Gasteiger charge is -2.33. The minimum atomic E-state index is -4.48. The third-order valence-corrected chi connectivity index (χ3v) is 5.15. The van der Waals surface area contributed by atoms with Crippen molar-refractivity contribution in [2.45, 2.75) is 63.8 Å². The van der Waals surface area contributed by atoms with E-state index in [2.05, 4.69) is 11.7 Å². The van der Waals surface area contributed by atoms with Crippen LogP contribution in [0, 0.1) is 11.8 Å². The summed E-state index contributed by atoms with van der Waals surface area (Å²) in [6.07, 6.45) is -6.67. The summed E-state index contributed by atoms with van der Waals surface area (Å²) in [5.41, 5.74) is 0.341. The molecule has 2 rings (SSSR count). The third kappa shape index (κ3) is 5.56. The van der Waals surface area contributed by atoms with Crippen LogP contribution in [0.15, 0.2) is 24.3 Å². The van der Waals surface area contributed by atoms with Crippen molar-refractivity contribution in [3.63, 3.8) is 0 Å². The summed E-state index contributed by atoms with van der Waals surface area (Å²) in [5.74, 6) is -0.367. The van der Waals surface area contributed by atoms with E-state index in [-0.39, 0.29) is 12.2 Å². The first-order valence-corrected chi connectivity index (χ1v) is 8.91. The van der Waals surface area contributed by atoms with E-state index in [4.69, 9.17) is 4.74 Å². The van der Waals surface area contributed by atoms with Gasteiger partial charge in [0.1, 0.15) is 5.75 Å². The number of ether oxygens (including phenoxy) is 2. The smallest absolute Gasteiger partial charge is 0.414 e. The molecule has 0 aromatic heterocycles. The van der Waals surface area contributed by atoms with E-state index in [9.17, 15) is 22.0 Å². The number of rotatable bonds is 7. The molecule has 7 heteroatoms. The third-order valence-electron chi connectivity index (χ3n) is 5.15. The van der Waals surface area contributed by atoms with Gasteiger partial charge in [-0.1, -0.05) is 25.5 Å². The van der Waals surface area contributed by atoms with E-state index >= 15 is 0 Å². The average Bonchev–Trinajstić information content (AvgIpc) is 2.59. The van der Waals surface area contributed by atoms with Crippen LogP contribution in [-0.4, -0.2) is 25.5 Å². The predicted molar refractivity (Wildman–Crippen MR) is 88.3 cm³/mol. The number of halogens is 5. The van der Waals surface area contributed by atoms with E-state index in [1.54, 1.807) is 0 Å². The van der Waals surface area contributed by atoms with Crippen molar-refractivity contribution in [2.75, 3.05) is 7.11 Å². The lowest BCUT2D eigenvalue weighted by Crippen LogP contribution is -2.37. The fourth-order valence-corrected chi connectivity index (χ4v) is 3.39. The molecule has 0 radical (unpaired) electrons. The van der Waals surface area contributed by atoms with E-state index in [1.165, 1.54) is 24.3 Å². The van der Waals surface area contributed by atoms with Crippen LogP contribution in [0.1, 0.15) is 44.6 Å². The Bertz CT molecular complexity index is 548. The molecular weight excluding hydrogens is 355 g/mol. The summed E-state index contributed by atoms with van der Waals surface area (Å²) in [5, 5.41) is 0. The molecule has 0 bridgehead atoms. The van der Waals surface area contributed by atoms with Crippen molar-refractivity contribution in [3.8, 4) is 5.75 Å². The van der Waals surface area contributed by atoms with Gasteiger partial charge in [-0.05, 0) is 49.3 Å². The molecule has 148 valence electrons. The minimum absolute atomic E-state index is 0.0441. The van der Waals surface area contributed by atoms with Crippen molar-refractivity contribution in [1.82, 2.24) is 0 Å². The van der Waals surface area contributed by atoms with Crippen molar-refractivity contribution >= 4 is 0 Å².